The van der Waals surface area contributed by atoms with Crippen molar-refractivity contribution in [1.82, 2.24) is 0 Å². The molecule has 0 heterocycles. The highest BCUT2D eigenvalue weighted by molar-refractivity contribution is 6.06. The lowest BCUT2D eigenvalue weighted by Crippen LogP contribution is -2.15. The molecule has 4 heteroatoms. The first-order valence-corrected chi connectivity index (χ1v) is 4.70. The molecule has 0 saturated carbocycles. The van der Waals surface area contributed by atoms with E-state index in [0.29, 0.717) is 16.8 Å². The Bertz CT molecular complexity index is 438. The third-order valence-electron chi connectivity index (χ3n) is 1.97. The summed E-state index contributed by atoms with van der Waals surface area (Å²) in [6.07, 6.45) is 0. The summed E-state index contributed by atoms with van der Waals surface area (Å²) in [5.74, 6) is -0.811. The number of carbonyl (C=O) groups excluding carboxylic acids is 2. The molecule has 1 amide bonds. The third kappa shape index (κ3) is 2.70. The van der Waals surface area contributed by atoms with Gasteiger partial charge in [0.2, 0.25) is 0 Å². The SMILES string of the molecule is C=C(C)C(=O)Nc1ccccc1C(=O)OC. The zero-order chi connectivity index (χ0) is 12.1. The zero-order valence-corrected chi connectivity index (χ0v) is 9.24. The van der Waals surface area contributed by atoms with E-state index in [4.69, 9.17) is 0 Å². The predicted molar refractivity (Wildman–Crippen MR) is 61.2 cm³/mol. The molecule has 0 fully saturated rings. The average molecular weight is 219 g/mol. The van der Waals surface area contributed by atoms with Gasteiger partial charge in [0.15, 0.2) is 0 Å². The molecule has 4 nitrogen and oxygen atoms in total. The van der Waals surface area contributed by atoms with Crippen LogP contribution < -0.4 is 5.32 Å². The van der Waals surface area contributed by atoms with E-state index < -0.39 is 5.97 Å². The van der Waals surface area contributed by atoms with E-state index in [2.05, 4.69) is 16.6 Å². The van der Waals surface area contributed by atoms with Gasteiger partial charge in [-0.1, -0.05) is 18.7 Å². The Morgan fingerprint density at radius 3 is 2.50 bits per heavy atom. The van der Waals surface area contributed by atoms with Crippen molar-refractivity contribution in [2.45, 2.75) is 6.92 Å². The van der Waals surface area contributed by atoms with E-state index in [9.17, 15) is 9.59 Å². The molecule has 0 spiro atoms. The molecule has 0 aliphatic heterocycles. The summed E-state index contributed by atoms with van der Waals surface area (Å²) in [4.78, 5) is 22.8. The Hall–Kier alpha value is -2.10. The van der Waals surface area contributed by atoms with Crippen molar-refractivity contribution in [3.63, 3.8) is 0 Å². The van der Waals surface area contributed by atoms with Crippen LogP contribution in [0.15, 0.2) is 36.4 Å². The van der Waals surface area contributed by atoms with Gasteiger partial charge in [0.05, 0.1) is 18.4 Å². The molecule has 0 saturated heterocycles. The number of para-hydroxylation sites is 1. The predicted octanol–water partition coefficient (Wildman–Crippen LogP) is 1.99. The molecular weight excluding hydrogens is 206 g/mol. The summed E-state index contributed by atoms with van der Waals surface area (Å²) < 4.78 is 4.61. The monoisotopic (exact) mass is 219 g/mol. The maximum atomic E-state index is 11.4. The van der Waals surface area contributed by atoms with Crippen molar-refractivity contribution in [3.05, 3.63) is 42.0 Å². The molecule has 16 heavy (non-hydrogen) atoms. The average Bonchev–Trinajstić information content (AvgIpc) is 2.28. The van der Waals surface area contributed by atoms with Gasteiger partial charge in [-0.2, -0.15) is 0 Å². The molecule has 1 N–H and O–H groups in total. The zero-order valence-electron chi connectivity index (χ0n) is 9.24. The molecule has 0 bridgehead atoms. The van der Waals surface area contributed by atoms with Gasteiger partial charge in [0.25, 0.3) is 5.91 Å². The fourth-order valence-electron chi connectivity index (χ4n) is 1.11. The maximum absolute atomic E-state index is 11.4. The Kier molecular flexibility index (Phi) is 3.83. The lowest BCUT2D eigenvalue weighted by atomic mass is 10.1. The molecule has 0 aliphatic rings. The topological polar surface area (TPSA) is 55.4 Å². The summed E-state index contributed by atoms with van der Waals surface area (Å²) in [5.41, 5.74) is 1.11. The van der Waals surface area contributed by atoms with E-state index in [1.807, 2.05) is 0 Å². The minimum Gasteiger partial charge on any atom is -0.465 e. The van der Waals surface area contributed by atoms with Gasteiger partial charge in [-0.15, -0.1) is 0 Å². The van der Waals surface area contributed by atoms with Crippen LogP contribution in [0.25, 0.3) is 0 Å². The maximum Gasteiger partial charge on any atom is 0.339 e. The highest BCUT2D eigenvalue weighted by atomic mass is 16.5. The number of esters is 1. The minimum absolute atomic E-state index is 0.319. The smallest absolute Gasteiger partial charge is 0.339 e. The number of hydrogen-bond acceptors (Lipinski definition) is 3. The number of anilines is 1. The number of ether oxygens (including phenoxy) is 1. The lowest BCUT2D eigenvalue weighted by Gasteiger charge is -2.08. The van der Waals surface area contributed by atoms with E-state index in [1.165, 1.54) is 7.11 Å². The second kappa shape index (κ2) is 5.11. The van der Waals surface area contributed by atoms with E-state index in [0.717, 1.165) is 0 Å². The Balaban J connectivity index is 3.00. The van der Waals surface area contributed by atoms with Crippen LogP contribution in [0.3, 0.4) is 0 Å². The molecule has 0 aromatic heterocycles. The third-order valence-corrected chi connectivity index (χ3v) is 1.97. The van der Waals surface area contributed by atoms with Gasteiger partial charge in [0.1, 0.15) is 0 Å². The Morgan fingerprint density at radius 1 is 1.31 bits per heavy atom. The number of benzene rings is 1. The lowest BCUT2D eigenvalue weighted by molar-refractivity contribution is -0.112. The first-order valence-electron chi connectivity index (χ1n) is 4.70. The second-order valence-corrected chi connectivity index (χ2v) is 3.27. The van der Waals surface area contributed by atoms with E-state index in [-0.39, 0.29) is 5.91 Å². The first kappa shape index (κ1) is 12.0. The van der Waals surface area contributed by atoms with Crippen molar-refractivity contribution in [2.24, 2.45) is 0 Å². The van der Waals surface area contributed by atoms with Gasteiger partial charge < -0.3 is 10.1 Å². The largest absolute Gasteiger partial charge is 0.465 e. The number of amides is 1. The van der Waals surface area contributed by atoms with Crippen LogP contribution >= 0.6 is 0 Å². The Morgan fingerprint density at radius 2 is 1.94 bits per heavy atom. The summed E-state index contributed by atoms with van der Waals surface area (Å²) in [7, 11) is 1.29. The van der Waals surface area contributed by atoms with Crippen molar-refractivity contribution >= 4 is 17.6 Å². The van der Waals surface area contributed by atoms with Crippen molar-refractivity contribution in [3.8, 4) is 0 Å². The molecule has 0 radical (unpaired) electrons. The highest BCUT2D eigenvalue weighted by Gasteiger charge is 2.12. The molecule has 1 rings (SSSR count). The first-order chi connectivity index (χ1) is 7.56. The van der Waals surface area contributed by atoms with Crippen LogP contribution in [0.1, 0.15) is 17.3 Å². The van der Waals surface area contributed by atoms with Gasteiger partial charge in [-0.05, 0) is 19.1 Å². The van der Waals surface area contributed by atoms with Gasteiger partial charge in [-0.25, -0.2) is 4.79 Å². The molecule has 1 aromatic carbocycles. The fraction of sp³-hybridized carbons (Fsp3) is 0.167. The van der Waals surface area contributed by atoms with Gasteiger partial charge in [-0.3, -0.25) is 4.79 Å². The normalized spacial score (nSPS) is 9.38. The van der Waals surface area contributed by atoms with Crippen LogP contribution in [0.5, 0.6) is 0 Å². The number of carbonyl (C=O) groups is 2. The van der Waals surface area contributed by atoms with E-state index >= 15 is 0 Å². The van der Waals surface area contributed by atoms with Crippen LogP contribution in [0.4, 0.5) is 5.69 Å². The minimum atomic E-state index is -0.488. The van der Waals surface area contributed by atoms with Crippen molar-refractivity contribution in [2.75, 3.05) is 12.4 Å². The summed E-state index contributed by atoms with van der Waals surface area (Å²) >= 11 is 0. The number of nitrogens with one attached hydrogen (secondary N) is 1. The summed E-state index contributed by atoms with van der Waals surface area (Å²) in [6, 6.07) is 6.64. The molecule has 0 unspecified atom stereocenters. The summed E-state index contributed by atoms with van der Waals surface area (Å²) in [5, 5.41) is 2.59. The summed E-state index contributed by atoms with van der Waals surface area (Å²) in [6.45, 7) is 5.11. The fourth-order valence-corrected chi connectivity index (χ4v) is 1.11. The van der Waals surface area contributed by atoms with Crippen LogP contribution in [0.2, 0.25) is 0 Å². The molecule has 1 aromatic rings. The quantitative estimate of drug-likeness (QED) is 0.624. The van der Waals surface area contributed by atoms with Gasteiger partial charge >= 0.3 is 5.97 Å². The van der Waals surface area contributed by atoms with Crippen molar-refractivity contribution in [1.29, 1.82) is 0 Å². The molecule has 0 aliphatic carbocycles. The number of rotatable bonds is 3. The Labute approximate surface area is 93.9 Å². The van der Waals surface area contributed by atoms with Crippen LogP contribution in [-0.4, -0.2) is 19.0 Å². The number of hydrogen-bond donors (Lipinski definition) is 1. The molecule has 84 valence electrons. The molecular formula is C12H13NO3. The standard InChI is InChI=1S/C12H13NO3/c1-8(2)11(14)13-10-7-5-4-6-9(10)12(15)16-3/h4-7H,1H2,2-3H3,(H,13,14). The highest BCUT2D eigenvalue weighted by Crippen LogP contribution is 2.16. The van der Waals surface area contributed by atoms with Crippen molar-refractivity contribution < 1.29 is 14.3 Å². The van der Waals surface area contributed by atoms with Gasteiger partial charge in [0, 0.05) is 5.57 Å². The second-order valence-electron chi connectivity index (χ2n) is 3.27. The van der Waals surface area contributed by atoms with E-state index in [1.54, 1.807) is 31.2 Å². The van der Waals surface area contributed by atoms with Crippen LogP contribution in [-0.2, 0) is 9.53 Å². The number of methoxy groups -OCH3 is 1. The molecule has 0 atom stereocenters. The van der Waals surface area contributed by atoms with Crippen LogP contribution in [0, 0.1) is 0 Å².